The Morgan fingerprint density at radius 2 is 1.83 bits per heavy atom. The monoisotopic (exact) mass is 438 g/mol. The van der Waals surface area contributed by atoms with Crippen molar-refractivity contribution in [3.63, 3.8) is 0 Å². The van der Waals surface area contributed by atoms with Crippen molar-refractivity contribution in [3.05, 3.63) is 66.0 Å². The molecule has 2 aromatic rings. The van der Waals surface area contributed by atoms with E-state index in [1.165, 1.54) is 11.1 Å². The molecule has 24 heavy (non-hydrogen) atoms. The van der Waals surface area contributed by atoms with Gasteiger partial charge in [0.1, 0.15) is 0 Å². The number of halogens is 1. The van der Waals surface area contributed by atoms with Gasteiger partial charge in [-0.15, -0.1) is 24.0 Å². The smallest absolute Gasteiger partial charge is 0.191 e. The second kappa shape index (κ2) is 10.3. The van der Waals surface area contributed by atoms with Gasteiger partial charge < -0.3 is 10.6 Å². The fourth-order valence-electron chi connectivity index (χ4n) is 2.39. The van der Waals surface area contributed by atoms with Crippen LogP contribution < -0.4 is 10.6 Å². The second-order valence-corrected chi connectivity index (χ2v) is 6.21. The summed E-state index contributed by atoms with van der Waals surface area (Å²) in [5, 5.41) is 6.77. The number of nitrogens with one attached hydrogen (secondary N) is 2. The lowest BCUT2D eigenvalue weighted by atomic mass is 9.85. The molecule has 0 atom stereocenters. The zero-order valence-electron chi connectivity index (χ0n) is 14.6. The van der Waals surface area contributed by atoms with Crippen molar-refractivity contribution in [2.45, 2.75) is 25.7 Å². The summed E-state index contributed by atoms with van der Waals surface area (Å²) in [7, 11) is 1.80. The Bertz CT molecular complexity index is 612. The van der Waals surface area contributed by atoms with Gasteiger partial charge in [0.25, 0.3) is 0 Å². The third-order valence-electron chi connectivity index (χ3n) is 3.91. The number of rotatable bonds is 6. The molecule has 0 saturated heterocycles. The van der Waals surface area contributed by atoms with Gasteiger partial charge >= 0.3 is 0 Å². The fraction of sp³-hybridized carbons (Fsp3) is 0.368. The summed E-state index contributed by atoms with van der Waals surface area (Å²) < 4.78 is 0. The van der Waals surface area contributed by atoms with Crippen molar-refractivity contribution in [3.8, 4) is 0 Å². The number of guanidine groups is 1. The van der Waals surface area contributed by atoms with Crippen LogP contribution in [-0.4, -0.2) is 31.1 Å². The predicted molar refractivity (Wildman–Crippen MR) is 112 cm³/mol. The second-order valence-electron chi connectivity index (χ2n) is 6.21. The van der Waals surface area contributed by atoms with E-state index < -0.39 is 0 Å². The first kappa shape index (κ1) is 20.4. The number of benzene rings is 1. The Labute approximate surface area is 162 Å². The van der Waals surface area contributed by atoms with Crippen LogP contribution in [-0.2, 0) is 11.8 Å². The van der Waals surface area contributed by atoms with Gasteiger partial charge in [0.05, 0.1) is 0 Å². The molecule has 0 radical (unpaired) electrons. The average Bonchev–Trinajstić information content (AvgIpc) is 2.59. The highest BCUT2D eigenvalue weighted by atomic mass is 127. The Hall–Kier alpha value is -1.63. The first-order chi connectivity index (χ1) is 11.1. The van der Waals surface area contributed by atoms with E-state index in [1.807, 2.05) is 18.3 Å². The molecular weight excluding hydrogens is 411 g/mol. The molecule has 0 bridgehead atoms. The number of hydrogen-bond donors (Lipinski definition) is 2. The predicted octanol–water partition coefficient (Wildman–Crippen LogP) is 3.38. The molecule has 1 aromatic carbocycles. The van der Waals surface area contributed by atoms with Gasteiger partial charge in [-0.2, -0.15) is 0 Å². The van der Waals surface area contributed by atoms with Crippen molar-refractivity contribution in [1.82, 2.24) is 15.6 Å². The Morgan fingerprint density at radius 3 is 2.46 bits per heavy atom. The molecule has 0 unspecified atom stereocenters. The van der Waals surface area contributed by atoms with Crippen molar-refractivity contribution in [2.24, 2.45) is 4.99 Å². The maximum absolute atomic E-state index is 4.29. The van der Waals surface area contributed by atoms with Crippen LogP contribution in [0.3, 0.4) is 0 Å². The SMILES string of the molecule is CN=C(NCCc1cccnc1)NCC(C)(C)c1ccccc1.I. The minimum absolute atomic E-state index is 0. The zero-order chi connectivity index (χ0) is 16.5. The lowest BCUT2D eigenvalue weighted by molar-refractivity contribution is 0.508. The minimum atomic E-state index is 0. The van der Waals surface area contributed by atoms with Crippen molar-refractivity contribution in [2.75, 3.05) is 20.1 Å². The molecule has 0 spiro atoms. The van der Waals surface area contributed by atoms with E-state index in [0.29, 0.717) is 0 Å². The van der Waals surface area contributed by atoms with E-state index >= 15 is 0 Å². The van der Waals surface area contributed by atoms with Crippen LogP contribution in [0.2, 0.25) is 0 Å². The van der Waals surface area contributed by atoms with E-state index in [2.05, 4.69) is 64.8 Å². The summed E-state index contributed by atoms with van der Waals surface area (Å²) in [6.45, 7) is 6.12. The molecule has 0 aliphatic rings. The van der Waals surface area contributed by atoms with Crippen molar-refractivity contribution in [1.29, 1.82) is 0 Å². The summed E-state index contributed by atoms with van der Waals surface area (Å²) in [6, 6.07) is 14.6. The largest absolute Gasteiger partial charge is 0.356 e. The molecule has 1 heterocycles. The Morgan fingerprint density at radius 1 is 1.08 bits per heavy atom. The van der Waals surface area contributed by atoms with Crippen LogP contribution in [0.15, 0.2) is 59.9 Å². The molecule has 5 heteroatoms. The molecule has 2 rings (SSSR count). The van der Waals surface area contributed by atoms with Crippen LogP contribution >= 0.6 is 24.0 Å². The molecule has 0 aliphatic carbocycles. The van der Waals surface area contributed by atoms with Gasteiger partial charge in [-0.1, -0.05) is 50.2 Å². The fourth-order valence-corrected chi connectivity index (χ4v) is 2.39. The number of pyridine rings is 1. The Kier molecular flexibility index (Phi) is 8.74. The van der Waals surface area contributed by atoms with E-state index in [1.54, 1.807) is 13.2 Å². The first-order valence-corrected chi connectivity index (χ1v) is 8.01. The van der Waals surface area contributed by atoms with Crippen LogP contribution in [0, 0.1) is 0 Å². The summed E-state index contributed by atoms with van der Waals surface area (Å²) in [5.74, 6) is 0.831. The summed E-state index contributed by atoms with van der Waals surface area (Å²) in [5.41, 5.74) is 2.58. The van der Waals surface area contributed by atoms with Gasteiger partial charge in [0, 0.05) is 37.9 Å². The summed E-state index contributed by atoms with van der Waals surface area (Å²) >= 11 is 0. The molecule has 130 valence electrons. The van der Waals surface area contributed by atoms with Gasteiger partial charge in [-0.05, 0) is 23.6 Å². The minimum Gasteiger partial charge on any atom is -0.356 e. The highest BCUT2D eigenvalue weighted by Gasteiger charge is 2.20. The average molecular weight is 438 g/mol. The first-order valence-electron chi connectivity index (χ1n) is 8.01. The number of aliphatic imine (C=N–C) groups is 1. The summed E-state index contributed by atoms with van der Waals surface area (Å²) in [6.07, 6.45) is 4.62. The van der Waals surface area contributed by atoms with Gasteiger partial charge in [-0.25, -0.2) is 0 Å². The number of aromatic nitrogens is 1. The lowest BCUT2D eigenvalue weighted by Crippen LogP contribution is -2.44. The van der Waals surface area contributed by atoms with Crippen molar-refractivity contribution < 1.29 is 0 Å². The molecule has 0 amide bonds. The van der Waals surface area contributed by atoms with Gasteiger partial charge in [0.2, 0.25) is 0 Å². The third kappa shape index (κ3) is 6.47. The molecule has 1 aromatic heterocycles. The Balaban J connectivity index is 0.00000288. The maximum Gasteiger partial charge on any atom is 0.191 e. The van der Waals surface area contributed by atoms with Crippen LogP contribution in [0.5, 0.6) is 0 Å². The standard InChI is InChI=1S/C19H26N4.HI/c1-19(2,17-9-5-4-6-10-17)15-23-18(20-3)22-13-11-16-8-7-12-21-14-16;/h4-10,12,14H,11,13,15H2,1-3H3,(H2,20,22,23);1H. The number of nitrogens with zero attached hydrogens (tertiary/aromatic N) is 2. The van der Waals surface area contributed by atoms with E-state index in [0.717, 1.165) is 25.5 Å². The van der Waals surface area contributed by atoms with Crippen LogP contribution in [0.25, 0.3) is 0 Å². The normalized spacial score (nSPS) is 11.5. The molecule has 0 fully saturated rings. The molecule has 0 saturated carbocycles. The molecular formula is C19H27IN4. The topological polar surface area (TPSA) is 49.3 Å². The maximum atomic E-state index is 4.29. The van der Waals surface area contributed by atoms with E-state index in [-0.39, 0.29) is 29.4 Å². The van der Waals surface area contributed by atoms with Crippen LogP contribution in [0.1, 0.15) is 25.0 Å². The van der Waals surface area contributed by atoms with Crippen molar-refractivity contribution >= 4 is 29.9 Å². The van der Waals surface area contributed by atoms with E-state index in [9.17, 15) is 0 Å². The highest BCUT2D eigenvalue weighted by molar-refractivity contribution is 14.0. The highest BCUT2D eigenvalue weighted by Crippen LogP contribution is 2.21. The third-order valence-corrected chi connectivity index (χ3v) is 3.91. The van der Waals surface area contributed by atoms with Crippen LogP contribution in [0.4, 0.5) is 0 Å². The lowest BCUT2D eigenvalue weighted by Gasteiger charge is -2.26. The van der Waals surface area contributed by atoms with Gasteiger partial charge in [-0.3, -0.25) is 9.98 Å². The molecule has 0 aliphatic heterocycles. The van der Waals surface area contributed by atoms with E-state index in [4.69, 9.17) is 0 Å². The molecule has 2 N–H and O–H groups in total. The number of hydrogen-bond acceptors (Lipinski definition) is 2. The molecule has 4 nitrogen and oxygen atoms in total. The zero-order valence-corrected chi connectivity index (χ0v) is 17.0. The quantitative estimate of drug-likeness (QED) is 0.413. The van der Waals surface area contributed by atoms with Gasteiger partial charge in [0.15, 0.2) is 5.96 Å². The summed E-state index contributed by atoms with van der Waals surface area (Å²) in [4.78, 5) is 8.43.